The molecule has 0 radical (unpaired) electrons. The molecule has 0 aromatic heterocycles. The molecule has 0 bridgehead atoms. The predicted molar refractivity (Wildman–Crippen MR) is 153 cm³/mol. The van der Waals surface area contributed by atoms with Crippen molar-refractivity contribution in [2.75, 3.05) is 24.5 Å². The van der Waals surface area contributed by atoms with E-state index in [9.17, 15) is 18.0 Å². The Bertz CT molecular complexity index is 1370. The Hall–Kier alpha value is -3.85. The molecule has 1 N–H and O–H groups in total. The summed E-state index contributed by atoms with van der Waals surface area (Å²) in [4.78, 5) is 28.3. The average Bonchev–Trinajstić information content (AvgIpc) is 2.93. The van der Waals surface area contributed by atoms with Crippen LogP contribution in [-0.4, -0.2) is 51.4 Å². The van der Waals surface area contributed by atoms with Crippen molar-refractivity contribution in [3.8, 4) is 5.75 Å². The lowest BCUT2D eigenvalue weighted by molar-refractivity contribution is -0.140. The number of nitrogens with zero attached hydrogens (tertiary/aromatic N) is 2. The molecule has 0 fully saturated rings. The monoisotopic (exact) mass is 551 g/mol. The summed E-state index contributed by atoms with van der Waals surface area (Å²) in [6.45, 7) is 7.66. The molecular weight excluding hydrogens is 514 g/mol. The van der Waals surface area contributed by atoms with Gasteiger partial charge in [-0.25, -0.2) is 8.42 Å². The zero-order chi connectivity index (χ0) is 28.6. The van der Waals surface area contributed by atoms with Gasteiger partial charge < -0.3 is 15.0 Å². The van der Waals surface area contributed by atoms with Crippen LogP contribution in [0.2, 0.25) is 0 Å². The van der Waals surface area contributed by atoms with E-state index in [1.165, 1.54) is 24.1 Å². The number of amides is 2. The SMILES string of the molecule is CCOc1ccc(S(=O)(=O)N(CC(=O)N(Cc2ccccc2C)[C@@H](CC)C(=O)NC)c2ccc(C)cc2)cc1. The fourth-order valence-electron chi connectivity index (χ4n) is 4.30. The number of sulfonamides is 1. The topological polar surface area (TPSA) is 96.0 Å². The van der Waals surface area contributed by atoms with Gasteiger partial charge in [0.05, 0.1) is 17.2 Å². The molecule has 0 saturated heterocycles. The van der Waals surface area contributed by atoms with E-state index in [0.717, 1.165) is 21.0 Å². The van der Waals surface area contributed by atoms with Crippen molar-refractivity contribution in [2.45, 2.75) is 51.6 Å². The molecule has 3 rings (SSSR count). The molecule has 0 saturated carbocycles. The van der Waals surface area contributed by atoms with Crippen LogP contribution in [0.25, 0.3) is 0 Å². The molecule has 0 aliphatic rings. The largest absolute Gasteiger partial charge is 0.494 e. The molecule has 3 aromatic carbocycles. The number of nitrogens with one attached hydrogen (secondary N) is 1. The smallest absolute Gasteiger partial charge is 0.264 e. The van der Waals surface area contributed by atoms with Crippen molar-refractivity contribution in [3.05, 3.63) is 89.5 Å². The van der Waals surface area contributed by atoms with Crippen LogP contribution in [0.5, 0.6) is 5.75 Å². The maximum absolute atomic E-state index is 14.0. The Morgan fingerprint density at radius 2 is 1.56 bits per heavy atom. The van der Waals surface area contributed by atoms with Crippen LogP contribution in [0.15, 0.2) is 77.7 Å². The van der Waals surface area contributed by atoms with Gasteiger partial charge in [0.15, 0.2) is 0 Å². The predicted octanol–water partition coefficient (Wildman–Crippen LogP) is 4.45. The Kier molecular flexibility index (Phi) is 10.1. The normalized spacial score (nSPS) is 11.9. The molecule has 0 heterocycles. The van der Waals surface area contributed by atoms with Gasteiger partial charge in [0.25, 0.3) is 10.0 Å². The Labute approximate surface area is 231 Å². The van der Waals surface area contributed by atoms with Gasteiger partial charge in [-0.05, 0) is 74.7 Å². The van der Waals surface area contributed by atoms with Crippen LogP contribution in [-0.2, 0) is 26.2 Å². The number of hydrogen-bond donors (Lipinski definition) is 1. The van der Waals surface area contributed by atoms with Crippen LogP contribution in [0.1, 0.15) is 37.0 Å². The van der Waals surface area contributed by atoms with Crippen molar-refractivity contribution in [2.24, 2.45) is 0 Å². The highest BCUT2D eigenvalue weighted by molar-refractivity contribution is 7.92. The van der Waals surface area contributed by atoms with Gasteiger partial charge in [0, 0.05) is 13.6 Å². The fraction of sp³-hybridized carbons (Fsp3) is 0.333. The van der Waals surface area contributed by atoms with Crippen LogP contribution < -0.4 is 14.4 Å². The second-order valence-corrected chi connectivity index (χ2v) is 11.1. The highest BCUT2D eigenvalue weighted by Gasteiger charge is 2.33. The van der Waals surface area contributed by atoms with E-state index in [1.54, 1.807) is 36.4 Å². The van der Waals surface area contributed by atoms with Gasteiger partial charge in [-0.2, -0.15) is 0 Å². The number of hydrogen-bond acceptors (Lipinski definition) is 5. The first-order chi connectivity index (χ1) is 18.6. The van der Waals surface area contributed by atoms with E-state index in [2.05, 4.69) is 5.32 Å². The van der Waals surface area contributed by atoms with Crippen molar-refractivity contribution in [1.29, 1.82) is 0 Å². The van der Waals surface area contributed by atoms with Crippen molar-refractivity contribution >= 4 is 27.5 Å². The third-order valence-corrected chi connectivity index (χ3v) is 8.35. The first kappa shape index (κ1) is 29.7. The summed E-state index contributed by atoms with van der Waals surface area (Å²) in [7, 11) is -2.61. The Balaban J connectivity index is 2.05. The Morgan fingerprint density at radius 3 is 2.13 bits per heavy atom. The molecule has 1 atom stereocenters. The van der Waals surface area contributed by atoms with Crippen molar-refractivity contribution < 1.29 is 22.7 Å². The van der Waals surface area contributed by atoms with Crippen LogP contribution in [0.3, 0.4) is 0 Å². The molecule has 0 aliphatic heterocycles. The summed E-state index contributed by atoms with van der Waals surface area (Å²) in [6, 6.07) is 19.9. The highest BCUT2D eigenvalue weighted by Crippen LogP contribution is 2.27. The summed E-state index contributed by atoms with van der Waals surface area (Å²) in [5, 5.41) is 2.64. The van der Waals surface area contributed by atoms with Crippen LogP contribution in [0, 0.1) is 13.8 Å². The highest BCUT2D eigenvalue weighted by atomic mass is 32.2. The molecule has 3 aromatic rings. The average molecular weight is 552 g/mol. The summed E-state index contributed by atoms with van der Waals surface area (Å²) in [5.74, 6) is -0.241. The standard InChI is InChI=1S/C30H37N3O5S/c1-6-28(30(35)31-5)32(20-24-11-9-8-10-23(24)4)29(34)21-33(25-14-12-22(3)13-15-25)39(36,37)27-18-16-26(17-19-27)38-7-2/h8-19,28H,6-7,20-21H2,1-5H3,(H,31,35)/t28-/m0/s1. The summed E-state index contributed by atoms with van der Waals surface area (Å²) < 4.78 is 34.4. The van der Waals surface area contributed by atoms with E-state index in [1.807, 2.05) is 52.0 Å². The summed E-state index contributed by atoms with van der Waals surface area (Å²) >= 11 is 0. The number of anilines is 1. The third-order valence-electron chi connectivity index (χ3n) is 6.56. The van der Waals surface area contributed by atoms with Gasteiger partial charge in [0.2, 0.25) is 11.8 Å². The number of likely N-dealkylation sites (N-methyl/N-ethyl adjacent to an activating group) is 1. The lowest BCUT2D eigenvalue weighted by atomic mass is 10.1. The van der Waals surface area contributed by atoms with E-state index in [0.29, 0.717) is 24.5 Å². The van der Waals surface area contributed by atoms with Gasteiger partial charge in [0.1, 0.15) is 18.3 Å². The lowest BCUT2D eigenvalue weighted by Crippen LogP contribution is -2.51. The molecule has 0 unspecified atom stereocenters. The molecule has 208 valence electrons. The Morgan fingerprint density at radius 1 is 0.923 bits per heavy atom. The lowest BCUT2D eigenvalue weighted by Gasteiger charge is -2.33. The number of ether oxygens (including phenoxy) is 1. The molecule has 0 aliphatic carbocycles. The molecule has 2 amide bonds. The third kappa shape index (κ3) is 7.17. The van der Waals surface area contributed by atoms with Gasteiger partial charge in [-0.3, -0.25) is 13.9 Å². The molecule has 39 heavy (non-hydrogen) atoms. The maximum Gasteiger partial charge on any atom is 0.264 e. The van der Waals surface area contributed by atoms with Gasteiger partial charge >= 0.3 is 0 Å². The molecular formula is C30H37N3O5S. The van der Waals surface area contributed by atoms with Crippen molar-refractivity contribution in [3.63, 3.8) is 0 Å². The number of benzene rings is 3. The quantitative estimate of drug-likeness (QED) is 0.359. The number of carbonyl (C=O) groups excluding carboxylic acids is 2. The molecule has 0 spiro atoms. The minimum absolute atomic E-state index is 0.0307. The first-order valence-electron chi connectivity index (χ1n) is 13.0. The summed E-state index contributed by atoms with van der Waals surface area (Å²) in [5.41, 5.74) is 3.16. The minimum atomic E-state index is -4.14. The van der Waals surface area contributed by atoms with E-state index < -0.39 is 28.5 Å². The zero-order valence-corrected chi connectivity index (χ0v) is 24.0. The van der Waals surface area contributed by atoms with Crippen LogP contribution in [0.4, 0.5) is 5.69 Å². The number of aryl methyl sites for hydroxylation is 2. The molecule has 8 nitrogen and oxygen atoms in total. The second kappa shape index (κ2) is 13.3. The second-order valence-electron chi connectivity index (χ2n) is 9.24. The fourth-order valence-corrected chi connectivity index (χ4v) is 5.71. The zero-order valence-electron chi connectivity index (χ0n) is 23.2. The van der Waals surface area contributed by atoms with E-state index in [4.69, 9.17) is 4.74 Å². The first-order valence-corrected chi connectivity index (χ1v) is 14.4. The van der Waals surface area contributed by atoms with Gasteiger partial charge in [-0.15, -0.1) is 0 Å². The van der Waals surface area contributed by atoms with Crippen molar-refractivity contribution in [1.82, 2.24) is 10.2 Å². The summed E-state index contributed by atoms with van der Waals surface area (Å²) in [6.07, 6.45) is 0.369. The van der Waals surface area contributed by atoms with E-state index >= 15 is 0 Å². The van der Waals surface area contributed by atoms with Gasteiger partial charge in [-0.1, -0.05) is 48.9 Å². The van der Waals surface area contributed by atoms with Crippen LogP contribution >= 0.6 is 0 Å². The number of carbonyl (C=O) groups is 2. The number of rotatable bonds is 12. The molecule has 9 heteroatoms. The minimum Gasteiger partial charge on any atom is -0.494 e. The van der Waals surface area contributed by atoms with E-state index in [-0.39, 0.29) is 17.3 Å². The maximum atomic E-state index is 14.0.